The molecule has 1 aromatic carbocycles. The molecule has 0 aliphatic carbocycles. The number of carbonyl (C=O) groups excluding carboxylic acids is 1. The van der Waals surface area contributed by atoms with Crippen LogP contribution in [-0.2, 0) is 7.05 Å². The zero-order chi connectivity index (χ0) is 22.0. The maximum atomic E-state index is 13.6. The number of rotatable bonds is 3. The number of aromatic nitrogens is 4. The van der Waals surface area contributed by atoms with E-state index in [1.165, 1.54) is 6.20 Å². The van der Waals surface area contributed by atoms with Gasteiger partial charge in [0.05, 0.1) is 22.5 Å². The Morgan fingerprint density at radius 3 is 2.52 bits per heavy atom. The van der Waals surface area contributed by atoms with Crippen molar-refractivity contribution in [3.05, 3.63) is 81.5 Å². The fourth-order valence-electron chi connectivity index (χ4n) is 4.32. The van der Waals surface area contributed by atoms with E-state index in [4.69, 9.17) is 11.6 Å². The number of nitrogens with zero attached hydrogens (tertiary/aromatic N) is 5. The summed E-state index contributed by atoms with van der Waals surface area (Å²) in [6.07, 6.45) is 3.30. The van der Waals surface area contributed by atoms with Crippen LogP contribution in [0.25, 0.3) is 5.65 Å². The van der Waals surface area contributed by atoms with E-state index in [1.54, 1.807) is 28.6 Å². The molecule has 4 aromatic rings. The van der Waals surface area contributed by atoms with Gasteiger partial charge in [0.15, 0.2) is 5.65 Å². The highest BCUT2D eigenvalue weighted by molar-refractivity contribution is 6.30. The monoisotopic (exact) mass is 435 g/mol. The molecule has 5 rings (SSSR count). The molecule has 8 nitrogen and oxygen atoms in total. The Morgan fingerprint density at radius 1 is 1.13 bits per heavy atom. The molecule has 0 bridgehead atoms. The number of aromatic carboxylic acids is 1. The minimum Gasteiger partial charge on any atom is -0.478 e. The second kappa shape index (κ2) is 6.68. The number of amides is 1. The number of carboxylic acids is 1. The summed E-state index contributed by atoms with van der Waals surface area (Å²) in [5.74, 6) is -0.806. The number of carboxylic acid groups (broad SMARTS) is 1. The quantitative estimate of drug-likeness (QED) is 0.528. The lowest BCUT2D eigenvalue weighted by Gasteiger charge is -2.27. The number of aryl methyl sites for hydroxylation is 3. The van der Waals surface area contributed by atoms with Crippen LogP contribution in [0, 0.1) is 13.8 Å². The number of fused-ring (bicyclic) bond motifs is 2. The topological polar surface area (TPSA) is 92.7 Å². The maximum absolute atomic E-state index is 13.6. The summed E-state index contributed by atoms with van der Waals surface area (Å²) < 4.78 is 3.54. The molecular weight excluding hydrogens is 418 g/mol. The molecular formula is C22H18ClN5O3. The lowest BCUT2D eigenvalue weighted by molar-refractivity contribution is 0.0692. The second-order valence-electron chi connectivity index (χ2n) is 7.67. The molecule has 0 fully saturated rings. The standard InChI is InChI=1S/C22H18ClN5O3/c1-11-8-15(9-27-12(2)24-25-20(11)27)28-18(13-4-6-14(23)7-5-13)19-17(21(28)29)16(22(30)31)10-26(19)3/h4-10,18H,1-3H3,(H,30,31). The van der Waals surface area contributed by atoms with Crippen molar-refractivity contribution in [2.45, 2.75) is 19.9 Å². The molecule has 31 heavy (non-hydrogen) atoms. The number of hydrogen-bond acceptors (Lipinski definition) is 4. The largest absolute Gasteiger partial charge is 0.478 e. The lowest BCUT2D eigenvalue weighted by atomic mass is 10.0. The summed E-state index contributed by atoms with van der Waals surface area (Å²) in [4.78, 5) is 27.1. The Morgan fingerprint density at radius 2 is 1.84 bits per heavy atom. The average Bonchev–Trinajstić information content (AvgIpc) is 3.36. The highest BCUT2D eigenvalue weighted by Gasteiger charge is 2.44. The van der Waals surface area contributed by atoms with Gasteiger partial charge in [0, 0.05) is 24.5 Å². The zero-order valence-corrected chi connectivity index (χ0v) is 17.8. The summed E-state index contributed by atoms with van der Waals surface area (Å²) in [5, 5.41) is 18.6. The van der Waals surface area contributed by atoms with Crippen LogP contribution in [0.5, 0.6) is 0 Å². The van der Waals surface area contributed by atoms with Gasteiger partial charge in [-0.25, -0.2) is 4.79 Å². The Balaban J connectivity index is 1.78. The molecule has 1 unspecified atom stereocenters. The van der Waals surface area contributed by atoms with E-state index in [0.717, 1.165) is 11.1 Å². The molecule has 9 heteroatoms. The van der Waals surface area contributed by atoms with Crippen molar-refractivity contribution < 1.29 is 14.7 Å². The van der Waals surface area contributed by atoms with Gasteiger partial charge in [-0.3, -0.25) is 14.1 Å². The lowest BCUT2D eigenvalue weighted by Crippen LogP contribution is -2.30. The summed E-state index contributed by atoms with van der Waals surface area (Å²) in [6, 6.07) is 8.59. The number of benzene rings is 1. The summed E-state index contributed by atoms with van der Waals surface area (Å²) >= 11 is 6.09. The highest BCUT2D eigenvalue weighted by atomic mass is 35.5. The minimum absolute atomic E-state index is 0.0118. The average molecular weight is 436 g/mol. The fraction of sp³-hybridized carbons (Fsp3) is 0.182. The molecule has 0 saturated heterocycles. The van der Waals surface area contributed by atoms with Gasteiger partial charge >= 0.3 is 5.97 Å². The number of halogens is 1. The highest BCUT2D eigenvalue weighted by Crippen LogP contribution is 2.44. The van der Waals surface area contributed by atoms with Gasteiger partial charge in [0.25, 0.3) is 5.91 Å². The fourth-order valence-corrected chi connectivity index (χ4v) is 4.44. The van der Waals surface area contributed by atoms with Crippen molar-refractivity contribution in [3.63, 3.8) is 0 Å². The third-order valence-corrected chi connectivity index (χ3v) is 5.97. The van der Waals surface area contributed by atoms with Gasteiger partial charge < -0.3 is 9.67 Å². The van der Waals surface area contributed by atoms with E-state index in [-0.39, 0.29) is 17.0 Å². The Kier molecular flexibility index (Phi) is 4.16. The zero-order valence-electron chi connectivity index (χ0n) is 17.0. The summed E-state index contributed by atoms with van der Waals surface area (Å²) in [6.45, 7) is 3.74. The molecule has 0 spiro atoms. The normalized spacial score (nSPS) is 15.7. The van der Waals surface area contributed by atoms with E-state index in [9.17, 15) is 14.7 Å². The van der Waals surface area contributed by atoms with Crippen molar-refractivity contribution in [2.24, 2.45) is 7.05 Å². The molecule has 1 aliphatic rings. The Bertz CT molecular complexity index is 1390. The van der Waals surface area contributed by atoms with Crippen molar-refractivity contribution in [1.82, 2.24) is 19.2 Å². The van der Waals surface area contributed by atoms with Crippen molar-refractivity contribution in [3.8, 4) is 0 Å². The Labute approximate surface area is 182 Å². The van der Waals surface area contributed by atoms with Crippen LogP contribution in [0.1, 0.15) is 49.4 Å². The third kappa shape index (κ3) is 2.75. The summed E-state index contributed by atoms with van der Waals surface area (Å²) in [5.41, 5.74) is 3.84. The third-order valence-electron chi connectivity index (χ3n) is 5.72. The van der Waals surface area contributed by atoms with Crippen molar-refractivity contribution >= 4 is 34.8 Å². The van der Waals surface area contributed by atoms with Crippen LogP contribution >= 0.6 is 11.6 Å². The minimum atomic E-state index is -1.14. The molecule has 1 atom stereocenters. The van der Waals surface area contributed by atoms with Crippen LogP contribution in [-0.4, -0.2) is 36.1 Å². The van der Waals surface area contributed by atoms with Gasteiger partial charge in [-0.2, -0.15) is 0 Å². The molecule has 3 aromatic heterocycles. The van der Waals surface area contributed by atoms with Gasteiger partial charge in [-0.05, 0) is 43.2 Å². The SMILES string of the molecule is Cc1cc(N2C(=O)c3c(C(=O)O)cn(C)c3C2c2ccc(Cl)cc2)cn2c(C)nnc12. The first-order valence-electron chi connectivity index (χ1n) is 9.61. The predicted octanol–water partition coefficient (Wildman–Crippen LogP) is 3.79. The second-order valence-corrected chi connectivity index (χ2v) is 8.11. The first kappa shape index (κ1) is 19.3. The number of anilines is 1. The number of carbonyl (C=O) groups is 2. The smallest absolute Gasteiger partial charge is 0.338 e. The van der Waals surface area contributed by atoms with Crippen LogP contribution in [0.3, 0.4) is 0 Å². The van der Waals surface area contributed by atoms with Crippen LogP contribution in [0.4, 0.5) is 5.69 Å². The van der Waals surface area contributed by atoms with Gasteiger partial charge in [-0.15, -0.1) is 10.2 Å². The maximum Gasteiger partial charge on any atom is 0.338 e. The Hall–Kier alpha value is -3.65. The van der Waals surface area contributed by atoms with Crippen LogP contribution < -0.4 is 4.90 Å². The van der Waals surface area contributed by atoms with Crippen molar-refractivity contribution in [2.75, 3.05) is 4.90 Å². The molecule has 0 saturated carbocycles. The van der Waals surface area contributed by atoms with Crippen LogP contribution in [0.15, 0.2) is 42.7 Å². The number of hydrogen-bond donors (Lipinski definition) is 1. The van der Waals surface area contributed by atoms with Gasteiger partial charge in [-0.1, -0.05) is 23.7 Å². The van der Waals surface area contributed by atoms with Gasteiger partial charge in [0.2, 0.25) is 0 Å². The van der Waals surface area contributed by atoms with Gasteiger partial charge in [0.1, 0.15) is 11.9 Å². The molecule has 156 valence electrons. The van der Waals surface area contributed by atoms with E-state index < -0.39 is 12.0 Å². The molecule has 0 radical (unpaired) electrons. The number of pyridine rings is 1. The van der Waals surface area contributed by atoms with Crippen molar-refractivity contribution in [1.29, 1.82) is 0 Å². The predicted molar refractivity (Wildman–Crippen MR) is 115 cm³/mol. The van der Waals surface area contributed by atoms with E-state index in [0.29, 0.717) is 27.9 Å². The van der Waals surface area contributed by atoms with E-state index in [1.807, 2.05) is 42.6 Å². The molecule has 1 aliphatic heterocycles. The molecule has 4 heterocycles. The van der Waals surface area contributed by atoms with E-state index in [2.05, 4.69) is 10.2 Å². The van der Waals surface area contributed by atoms with Crippen LogP contribution in [0.2, 0.25) is 5.02 Å². The first-order chi connectivity index (χ1) is 14.8. The first-order valence-corrected chi connectivity index (χ1v) is 9.99. The molecule has 1 amide bonds. The summed E-state index contributed by atoms with van der Waals surface area (Å²) in [7, 11) is 1.75. The molecule has 1 N–H and O–H groups in total. The van der Waals surface area contributed by atoms with E-state index >= 15 is 0 Å².